The molecule has 12 rings (SSSR count). The topological polar surface area (TPSA) is 23.5 Å². The van der Waals surface area contributed by atoms with Crippen LogP contribution in [0.3, 0.4) is 0 Å². The molecule has 8 aromatic carbocycles. The van der Waals surface area contributed by atoms with Crippen molar-refractivity contribution < 1.29 is 0 Å². The Morgan fingerprint density at radius 2 is 0.967 bits per heavy atom. The van der Waals surface area contributed by atoms with Gasteiger partial charge in [-0.3, -0.25) is 0 Å². The summed E-state index contributed by atoms with van der Waals surface area (Å²) < 4.78 is 7.01. The lowest BCUT2D eigenvalue weighted by Gasteiger charge is -2.25. The van der Waals surface area contributed by atoms with Crippen LogP contribution < -0.4 is 0 Å². The van der Waals surface area contributed by atoms with Crippen molar-refractivity contribution in [2.45, 2.75) is 38.0 Å². The van der Waals surface area contributed by atoms with Crippen LogP contribution in [-0.4, -0.2) is 13.7 Å². The van der Waals surface area contributed by atoms with Gasteiger partial charge in [-0.2, -0.15) is 0 Å². The third-order valence-corrected chi connectivity index (χ3v) is 13.2. The third-order valence-electron chi connectivity index (χ3n) is 13.2. The highest BCUT2D eigenvalue weighted by Crippen LogP contribution is 2.46. The van der Waals surface area contributed by atoms with Crippen molar-refractivity contribution in [1.82, 2.24) is 13.7 Å². The Hall–Kier alpha value is -7.86. The molecule has 5 nitrogen and oxygen atoms in total. The second kappa shape index (κ2) is 13.9. The average molecular weight is 782 g/mol. The first-order chi connectivity index (χ1) is 30.2. The summed E-state index contributed by atoms with van der Waals surface area (Å²) >= 11 is 0. The van der Waals surface area contributed by atoms with Gasteiger partial charge in [-0.15, -0.1) is 0 Å². The van der Waals surface area contributed by atoms with Crippen molar-refractivity contribution in [3.63, 3.8) is 0 Å². The Morgan fingerprint density at radius 1 is 0.410 bits per heavy atom. The molecule has 0 radical (unpaired) electrons. The van der Waals surface area contributed by atoms with Gasteiger partial charge in [0.05, 0.1) is 46.4 Å². The molecule has 11 aromatic rings. The maximum absolute atomic E-state index is 8.92. The van der Waals surface area contributed by atoms with E-state index in [1.807, 2.05) is 12.1 Å². The Labute approximate surface area is 353 Å². The first kappa shape index (κ1) is 35.1. The minimum atomic E-state index is 0.425. The monoisotopic (exact) mass is 781 g/mol. The molecule has 0 aliphatic heterocycles. The number of aromatic nitrogens is 3. The summed E-state index contributed by atoms with van der Waals surface area (Å²) in [4.78, 5) is 8.22. The molecule has 0 amide bonds. The fourth-order valence-electron chi connectivity index (χ4n) is 10.5. The average Bonchev–Trinajstić information content (AvgIpc) is 3.96. The lowest BCUT2D eigenvalue weighted by molar-refractivity contribution is 0.443. The zero-order valence-electron chi connectivity index (χ0n) is 33.5. The Kier molecular flexibility index (Phi) is 7.99. The van der Waals surface area contributed by atoms with Gasteiger partial charge in [0, 0.05) is 49.2 Å². The van der Waals surface area contributed by atoms with Crippen LogP contribution in [0.1, 0.15) is 43.6 Å². The molecule has 1 fully saturated rings. The van der Waals surface area contributed by atoms with Crippen molar-refractivity contribution in [2.24, 2.45) is 0 Å². The van der Waals surface area contributed by atoms with Gasteiger partial charge in [0.1, 0.15) is 0 Å². The van der Waals surface area contributed by atoms with Crippen molar-refractivity contribution in [3.8, 4) is 28.2 Å². The summed E-state index contributed by atoms with van der Waals surface area (Å²) in [6.07, 6.45) is 6.01. The lowest BCUT2D eigenvalue weighted by atomic mass is 9.82. The highest BCUT2D eigenvalue weighted by Gasteiger charge is 2.24. The van der Waals surface area contributed by atoms with Crippen molar-refractivity contribution in [3.05, 3.63) is 198 Å². The van der Waals surface area contributed by atoms with Gasteiger partial charge in [-0.25, -0.2) is 9.69 Å². The predicted octanol–water partition coefficient (Wildman–Crippen LogP) is 15.8. The van der Waals surface area contributed by atoms with E-state index in [4.69, 9.17) is 13.1 Å². The fourth-order valence-corrected chi connectivity index (χ4v) is 10.5. The van der Waals surface area contributed by atoms with E-state index in [1.165, 1.54) is 46.6 Å². The van der Waals surface area contributed by atoms with E-state index in [-0.39, 0.29) is 0 Å². The number of benzene rings is 8. The number of para-hydroxylation sites is 4. The molecule has 0 unspecified atom stereocenters. The van der Waals surface area contributed by atoms with Crippen LogP contribution in [0.2, 0.25) is 0 Å². The molecule has 3 aromatic heterocycles. The molecule has 1 aliphatic carbocycles. The van der Waals surface area contributed by atoms with E-state index in [1.54, 1.807) is 0 Å². The van der Waals surface area contributed by atoms with Crippen LogP contribution in [-0.2, 0) is 0 Å². The summed E-state index contributed by atoms with van der Waals surface area (Å²) in [7, 11) is 0. The van der Waals surface area contributed by atoms with Gasteiger partial charge in [0.25, 0.3) is 0 Å². The van der Waals surface area contributed by atoms with Gasteiger partial charge in [-0.05, 0) is 102 Å². The van der Waals surface area contributed by atoms with E-state index < -0.39 is 0 Å². The first-order valence-electron chi connectivity index (χ1n) is 21.3. The van der Waals surface area contributed by atoms with Gasteiger partial charge < -0.3 is 13.7 Å². The Bertz CT molecular complexity index is 3610. The summed E-state index contributed by atoms with van der Waals surface area (Å²) in [6, 6.07) is 60.6. The number of nitrogens with zero attached hydrogens (tertiary/aromatic N) is 5. The van der Waals surface area contributed by atoms with Crippen LogP contribution in [0.4, 0.5) is 11.4 Å². The van der Waals surface area contributed by atoms with E-state index >= 15 is 0 Å². The van der Waals surface area contributed by atoms with Crippen molar-refractivity contribution in [1.29, 1.82) is 0 Å². The normalized spacial score (nSPS) is 13.5. The second-order valence-electron chi connectivity index (χ2n) is 16.5. The summed E-state index contributed by atoms with van der Waals surface area (Å²) in [5.41, 5.74) is 14.2. The fraction of sp³-hybridized carbons (Fsp3) is 0.107. The molecule has 1 saturated carbocycles. The molecule has 0 N–H and O–H groups in total. The van der Waals surface area contributed by atoms with Gasteiger partial charge in [0.15, 0.2) is 5.69 Å². The second-order valence-corrected chi connectivity index (χ2v) is 16.5. The van der Waals surface area contributed by atoms with Crippen LogP contribution in [0.5, 0.6) is 0 Å². The molecular formula is C56H39N5. The number of hydrogen-bond donors (Lipinski definition) is 0. The van der Waals surface area contributed by atoms with Gasteiger partial charge >= 0.3 is 0 Å². The van der Waals surface area contributed by atoms with E-state index in [2.05, 4.69) is 181 Å². The maximum atomic E-state index is 8.92. The Morgan fingerprint density at radius 3 is 1.61 bits per heavy atom. The molecule has 0 saturated heterocycles. The van der Waals surface area contributed by atoms with Crippen LogP contribution in [0, 0.1) is 13.1 Å². The summed E-state index contributed by atoms with van der Waals surface area (Å²) in [6.45, 7) is 16.7. The molecule has 288 valence electrons. The van der Waals surface area contributed by atoms with Crippen molar-refractivity contribution in [2.75, 3.05) is 0 Å². The minimum Gasteiger partial charge on any atom is -0.319 e. The molecule has 61 heavy (non-hydrogen) atoms. The quantitative estimate of drug-likeness (QED) is 0.155. The predicted molar refractivity (Wildman–Crippen MR) is 253 cm³/mol. The van der Waals surface area contributed by atoms with Gasteiger partial charge in [-0.1, -0.05) is 122 Å². The third kappa shape index (κ3) is 5.38. The Balaban J connectivity index is 1.10. The molecule has 3 heterocycles. The van der Waals surface area contributed by atoms with Crippen LogP contribution in [0.15, 0.2) is 170 Å². The molecule has 1 aliphatic rings. The SMILES string of the molecule is [C-]#[N+]c1ccc2c3ccccc3n(-c3cccc(-c4cc(C5CCCCC5)cc(-n5c6ccccc6c6cc(-n7c8ccccc8c8ccccc87)ccc65)c4[N+]#[C-])c3)c2c1. The highest BCUT2D eigenvalue weighted by atomic mass is 15.0. The first-order valence-corrected chi connectivity index (χ1v) is 21.3. The van der Waals surface area contributed by atoms with E-state index in [0.717, 1.165) is 84.6 Å². The standard InChI is InChI=1S/C56H39N5/c1-57-39-27-29-46-44-21-8-12-25-51(44)60(54(46)34-39)40-18-14-17-37(31-40)47-32-38(36-15-4-3-5-16-36)33-55(56(47)58-2)61-52-26-13-9-22-45(52)48-35-41(28-30-53(48)61)59-49-23-10-6-19-42(49)43-20-7-11-24-50(43)59/h6-14,17-36H,3-5,15-16H2. The van der Waals surface area contributed by atoms with E-state index in [9.17, 15) is 0 Å². The highest BCUT2D eigenvalue weighted by molar-refractivity contribution is 6.13. The molecule has 5 heteroatoms. The molecular weight excluding hydrogens is 743 g/mol. The maximum Gasteiger partial charge on any atom is 0.218 e. The molecule has 0 bridgehead atoms. The smallest absolute Gasteiger partial charge is 0.218 e. The number of hydrogen-bond acceptors (Lipinski definition) is 0. The minimum absolute atomic E-state index is 0.425. The summed E-state index contributed by atoms with van der Waals surface area (Å²) in [5.74, 6) is 0.425. The zero-order chi connectivity index (χ0) is 40.6. The van der Waals surface area contributed by atoms with E-state index in [0.29, 0.717) is 17.3 Å². The summed E-state index contributed by atoms with van der Waals surface area (Å²) in [5, 5.41) is 7.06. The number of rotatable bonds is 5. The largest absolute Gasteiger partial charge is 0.319 e. The lowest BCUT2D eigenvalue weighted by Crippen LogP contribution is -2.06. The molecule has 0 atom stereocenters. The van der Waals surface area contributed by atoms with Crippen molar-refractivity contribution >= 4 is 76.8 Å². The zero-order valence-corrected chi connectivity index (χ0v) is 33.5. The van der Waals surface area contributed by atoms with Crippen LogP contribution >= 0.6 is 0 Å². The van der Waals surface area contributed by atoms with Gasteiger partial charge in [0.2, 0.25) is 5.69 Å². The number of fused-ring (bicyclic) bond motifs is 9. The molecule has 0 spiro atoms. The van der Waals surface area contributed by atoms with Crippen LogP contribution in [0.25, 0.3) is 103 Å².